The molecule has 0 bridgehead atoms. The second-order valence-corrected chi connectivity index (χ2v) is 10.3. The Bertz CT molecular complexity index is 785. The number of β-lactam (4-membered cyclic amide) rings is 1. The van der Waals surface area contributed by atoms with E-state index in [1.54, 1.807) is 4.90 Å². The Hall–Kier alpha value is -2.98. The molecule has 2 fully saturated rings. The molecule has 11 heteroatoms. The Morgan fingerprint density at radius 2 is 1.74 bits per heavy atom. The van der Waals surface area contributed by atoms with Crippen LogP contribution in [0.3, 0.4) is 0 Å². The second kappa shape index (κ2) is 11.4. The summed E-state index contributed by atoms with van der Waals surface area (Å²) in [5.41, 5.74) is 5.13. The van der Waals surface area contributed by atoms with Gasteiger partial charge in [0.2, 0.25) is 5.91 Å². The van der Waals surface area contributed by atoms with Crippen molar-refractivity contribution < 1.29 is 23.9 Å². The van der Waals surface area contributed by atoms with Gasteiger partial charge in [-0.25, -0.2) is 19.3 Å². The third-order valence-corrected chi connectivity index (χ3v) is 5.58. The number of carbonyl (C=O) groups is 4. The van der Waals surface area contributed by atoms with Crippen molar-refractivity contribution in [3.05, 3.63) is 12.4 Å². The third kappa shape index (κ3) is 7.26. The van der Waals surface area contributed by atoms with E-state index < -0.39 is 24.0 Å². The number of esters is 1. The first kappa shape index (κ1) is 27.3. The molecule has 2 aliphatic rings. The first-order valence-electron chi connectivity index (χ1n) is 11.9. The zero-order chi connectivity index (χ0) is 25.6. The van der Waals surface area contributed by atoms with Crippen LogP contribution in [0.25, 0.3) is 0 Å². The summed E-state index contributed by atoms with van der Waals surface area (Å²) in [6, 6.07) is -1.65. The lowest BCUT2D eigenvalue weighted by atomic mass is 9.83. The highest BCUT2D eigenvalue weighted by atomic mass is 16.5. The number of hydrogen-bond donors (Lipinski definition) is 3. The molecule has 34 heavy (non-hydrogen) atoms. The van der Waals surface area contributed by atoms with E-state index in [-0.39, 0.29) is 43.1 Å². The van der Waals surface area contributed by atoms with Gasteiger partial charge in [-0.1, -0.05) is 20.4 Å². The van der Waals surface area contributed by atoms with Crippen LogP contribution < -0.4 is 16.4 Å². The summed E-state index contributed by atoms with van der Waals surface area (Å²) in [4.78, 5) is 55.4. The molecular weight excluding hydrogens is 440 g/mol. The highest BCUT2D eigenvalue weighted by Gasteiger charge is 2.56. The summed E-state index contributed by atoms with van der Waals surface area (Å²) < 4.78 is 5.38. The van der Waals surface area contributed by atoms with Crippen molar-refractivity contribution in [1.29, 1.82) is 0 Å². The number of amides is 5. The number of nitrogens with zero attached hydrogens (tertiary/aromatic N) is 3. The summed E-state index contributed by atoms with van der Waals surface area (Å²) >= 11 is 0. The van der Waals surface area contributed by atoms with Gasteiger partial charge < -0.3 is 30.9 Å². The summed E-state index contributed by atoms with van der Waals surface area (Å²) in [5.74, 6) is -1.09. The first-order chi connectivity index (χ1) is 15.8. The third-order valence-electron chi connectivity index (χ3n) is 5.58. The lowest BCUT2D eigenvalue weighted by molar-refractivity contribution is -0.171. The van der Waals surface area contributed by atoms with Gasteiger partial charge in [0.1, 0.15) is 0 Å². The molecule has 2 rings (SSSR count). The molecule has 2 aliphatic heterocycles. The van der Waals surface area contributed by atoms with Gasteiger partial charge in [0.25, 0.3) is 0 Å². The van der Waals surface area contributed by atoms with Crippen molar-refractivity contribution in [2.24, 2.45) is 17.6 Å². The molecule has 0 spiro atoms. The fourth-order valence-corrected chi connectivity index (χ4v) is 3.87. The van der Waals surface area contributed by atoms with Gasteiger partial charge >= 0.3 is 18.0 Å². The number of urea groups is 2. The average Bonchev–Trinajstić information content (AvgIpc) is 2.73. The van der Waals surface area contributed by atoms with Gasteiger partial charge in [-0.05, 0) is 39.5 Å². The van der Waals surface area contributed by atoms with E-state index >= 15 is 0 Å². The quantitative estimate of drug-likeness (QED) is 0.268. The number of imide groups is 1. The van der Waals surface area contributed by atoms with Gasteiger partial charge in [-0.15, -0.1) is 0 Å². The Kier molecular flexibility index (Phi) is 9.17. The molecule has 5 amide bonds. The molecule has 11 nitrogen and oxygen atoms in total. The molecule has 0 radical (unpaired) electrons. The van der Waals surface area contributed by atoms with Crippen LogP contribution in [0.1, 0.15) is 47.5 Å². The molecule has 2 saturated heterocycles. The largest absolute Gasteiger partial charge is 0.464 e. The zero-order valence-electron chi connectivity index (χ0n) is 21.1. The molecule has 0 aliphatic carbocycles. The Balaban J connectivity index is 2.01. The number of rotatable bonds is 8. The summed E-state index contributed by atoms with van der Waals surface area (Å²) in [6.07, 6.45) is 1.01. The molecule has 0 aromatic heterocycles. The number of carbonyl (C=O) groups excluding carboxylic acids is 4. The molecule has 4 N–H and O–H groups in total. The van der Waals surface area contributed by atoms with Crippen LogP contribution in [0.15, 0.2) is 12.4 Å². The minimum atomic E-state index is -0.943. The predicted octanol–water partition coefficient (Wildman–Crippen LogP) is 1.06. The van der Waals surface area contributed by atoms with Crippen LogP contribution in [0.5, 0.6) is 0 Å². The maximum atomic E-state index is 13.2. The van der Waals surface area contributed by atoms with Crippen LogP contribution in [0.2, 0.25) is 0 Å². The number of piperazine rings is 1. The van der Waals surface area contributed by atoms with Crippen LogP contribution in [0.4, 0.5) is 9.59 Å². The Morgan fingerprint density at radius 1 is 1.15 bits per heavy atom. The SMILES string of the molecule is C=C(N)NCCC[C@H]1C(=O)N(C(=O)N2CCN(C(=O)NC(C)(C)C)CC2)C1C(=O)OCC(C)C. The molecule has 0 aromatic carbocycles. The second-order valence-electron chi connectivity index (χ2n) is 10.3. The van der Waals surface area contributed by atoms with Gasteiger partial charge in [0.05, 0.1) is 18.3 Å². The number of nitrogens with two attached hydrogens (primary N) is 1. The van der Waals surface area contributed by atoms with Crippen molar-refractivity contribution in [3.8, 4) is 0 Å². The molecular formula is C23H40N6O5. The van der Waals surface area contributed by atoms with E-state index in [4.69, 9.17) is 10.5 Å². The van der Waals surface area contributed by atoms with Crippen molar-refractivity contribution in [1.82, 2.24) is 25.3 Å². The van der Waals surface area contributed by atoms with E-state index in [2.05, 4.69) is 17.2 Å². The van der Waals surface area contributed by atoms with Gasteiger partial charge in [-0.3, -0.25) is 4.79 Å². The molecule has 2 atom stereocenters. The maximum absolute atomic E-state index is 13.2. The van der Waals surface area contributed by atoms with Crippen LogP contribution >= 0.6 is 0 Å². The lowest BCUT2D eigenvalue weighted by Crippen LogP contribution is -2.70. The highest BCUT2D eigenvalue weighted by molar-refractivity contribution is 6.07. The van der Waals surface area contributed by atoms with E-state index in [1.165, 1.54) is 4.90 Å². The van der Waals surface area contributed by atoms with Gasteiger partial charge in [0, 0.05) is 38.3 Å². The standard InChI is InChI=1S/C23H40N6O5/c1-15(2)14-34-20(31)18-17(8-7-9-25-16(3)24)19(30)29(18)22(33)28-12-10-27(11-13-28)21(32)26-23(4,5)6/h15,17-18,25H,3,7-14,24H2,1-2,4-6H3,(H,26,32)/t17-,18?/m1/s1. The van der Waals surface area contributed by atoms with Crippen molar-refractivity contribution in [2.75, 3.05) is 39.3 Å². The van der Waals surface area contributed by atoms with E-state index in [0.29, 0.717) is 38.3 Å². The molecule has 1 unspecified atom stereocenters. The summed E-state index contributed by atoms with van der Waals surface area (Å²) in [7, 11) is 0. The average molecular weight is 481 g/mol. The Labute approximate surface area is 202 Å². The number of hydrogen-bond acceptors (Lipinski definition) is 7. The topological polar surface area (TPSA) is 137 Å². The van der Waals surface area contributed by atoms with Crippen molar-refractivity contribution in [3.63, 3.8) is 0 Å². The van der Waals surface area contributed by atoms with E-state index in [0.717, 1.165) is 4.90 Å². The molecule has 192 valence electrons. The molecule has 2 heterocycles. The predicted molar refractivity (Wildman–Crippen MR) is 127 cm³/mol. The molecule has 0 saturated carbocycles. The van der Waals surface area contributed by atoms with E-state index in [9.17, 15) is 19.2 Å². The van der Waals surface area contributed by atoms with Crippen LogP contribution in [0, 0.1) is 11.8 Å². The lowest BCUT2D eigenvalue weighted by Gasteiger charge is -2.47. The summed E-state index contributed by atoms with van der Waals surface area (Å²) in [6.45, 7) is 15.1. The van der Waals surface area contributed by atoms with Gasteiger partial charge in [-0.2, -0.15) is 0 Å². The zero-order valence-corrected chi connectivity index (χ0v) is 21.1. The first-order valence-corrected chi connectivity index (χ1v) is 11.9. The normalized spacial score (nSPS) is 20.6. The van der Waals surface area contributed by atoms with Gasteiger partial charge in [0.15, 0.2) is 6.04 Å². The smallest absolute Gasteiger partial charge is 0.330 e. The highest BCUT2D eigenvalue weighted by Crippen LogP contribution is 2.33. The number of ether oxygens (including phenoxy) is 1. The number of likely N-dealkylation sites (tertiary alicyclic amines) is 1. The fraction of sp³-hybridized carbons (Fsp3) is 0.739. The fourth-order valence-electron chi connectivity index (χ4n) is 3.87. The maximum Gasteiger partial charge on any atom is 0.330 e. The van der Waals surface area contributed by atoms with Crippen molar-refractivity contribution in [2.45, 2.75) is 59.0 Å². The Morgan fingerprint density at radius 3 is 2.26 bits per heavy atom. The van der Waals surface area contributed by atoms with Crippen molar-refractivity contribution >= 4 is 23.9 Å². The minimum absolute atomic E-state index is 0.134. The summed E-state index contributed by atoms with van der Waals surface area (Å²) in [5, 5.41) is 5.80. The van der Waals surface area contributed by atoms with E-state index in [1.807, 2.05) is 34.6 Å². The minimum Gasteiger partial charge on any atom is -0.464 e. The number of nitrogens with one attached hydrogen (secondary N) is 2. The monoisotopic (exact) mass is 480 g/mol. The molecule has 0 aromatic rings. The van der Waals surface area contributed by atoms with Crippen LogP contribution in [-0.2, 0) is 14.3 Å². The van der Waals surface area contributed by atoms with Crippen LogP contribution in [-0.4, -0.2) is 89.5 Å².